The number of nitrogens with one attached hydrogen (secondary N) is 1. The number of rotatable bonds is 3. The Labute approximate surface area is 94.2 Å². The third kappa shape index (κ3) is 1.91. The number of carbonyl (C=O) groups is 2. The smallest absolute Gasteiger partial charge is 0.227 e. The molecule has 0 radical (unpaired) electrons. The maximum absolute atomic E-state index is 11.6. The number of aryl methyl sites for hydroxylation is 1. The standard InChI is InChI=1S/C12H14N2O2/c1-9-4-5-11(10(7-9)13-8-15)14-6-2-3-12(14)16/h4-5,7-8H,2-3,6H2,1H3,(H,13,15). The summed E-state index contributed by atoms with van der Waals surface area (Å²) in [7, 11) is 0. The summed E-state index contributed by atoms with van der Waals surface area (Å²) in [5.74, 6) is 0.123. The molecule has 2 amide bonds. The van der Waals surface area contributed by atoms with Gasteiger partial charge in [0.2, 0.25) is 12.3 Å². The lowest BCUT2D eigenvalue weighted by molar-refractivity contribution is -0.117. The van der Waals surface area contributed by atoms with Crippen LogP contribution in [0.2, 0.25) is 0 Å². The summed E-state index contributed by atoms with van der Waals surface area (Å²) in [6, 6.07) is 5.69. The lowest BCUT2D eigenvalue weighted by Crippen LogP contribution is -2.24. The van der Waals surface area contributed by atoms with Gasteiger partial charge in [0.25, 0.3) is 0 Å². The van der Waals surface area contributed by atoms with Gasteiger partial charge in [-0.15, -0.1) is 0 Å². The van der Waals surface area contributed by atoms with E-state index in [0.717, 1.165) is 24.2 Å². The molecular formula is C12H14N2O2. The van der Waals surface area contributed by atoms with Crippen molar-refractivity contribution in [3.63, 3.8) is 0 Å². The Morgan fingerprint density at radius 3 is 2.88 bits per heavy atom. The van der Waals surface area contributed by atoms with Crippen molar-refractivity contribution in [2.24, 2.45) is 0 Å². The molecule has 1 aliphatic heterocycles. The SMILES string of the molecule is Cc1ccc(N2CCCC2=O)c(NC=O)c1. The first-order valence-electron chi connectivity index (χ1n) is 5.33. The summed E-state index contributed by atoms with van der Waals surface area (Å²) < 4.78 is 0. The molecule has 0 atom stereocenters. The molecule has 1 aromatic carbocycles. The fourth-order valence-corrected chi connectivity index (χ4v) is 1.97. The third-order valence-electron chi connectivity index (χ3n) is 2.73. The van der Waals surface area contributed by atoms with E-state index >= 15 is 0 Å². The van der Waals surface area contributed by atoms with Crippen molar-refractivity contribution in [2.45, 2.75) is 19.8 Å². The van der Waals surface area contributed by atoms with Crippen LogP contribution in [0.4, 0.5) is 11.4 Å². The molecule has 1 aliphatic rings. The molecule has 1 fully saturated rings. The molecule has 16 heavy (non-hydrogen) atoms. The monoisotopic (exact) mass is 218 g/mol. The number of hydrogen-bond donors (Lipinski definition) is 1. The number of anilines is 2. The molecule has 0 bridgehead atoms. The molecule has 1 N–H and O–H groups in total. The average Bonchev–Trinajstić information content (AvgIpc) is 2.65. The fourth-order valence-electron chi connectivity index (χ4n) is 1.97. The van der Waals surface area contributed by atoms with Crippen molar-refractivity contribution in [3.05, 3.63) is 23.8 Å². The molecule has 4 nitrogen and oxygen atoms in total. The number of amides is 2. The quantitative estimate of drug-likeness (QED) is 0.785. The molecule has 0 aliphatic carbocycles. The second kappa shape index (κ2) is 4.35. The molecule has 84 valence electrons. The number of carbonyl (C=O) groups excluding carboxylic acids is 2. The van der Waals surface area contributed by atoms with Crippen LogP contribution in [-0.2, 0) is 9.59 Å². The molecule has 0 spiro atoms. The molecule has 2 rings (SSSR count). The van der Waals surface area contributed by atoms with E-state index in [-0.39, 0.29) is 5.91 Å². The lowest BCUT2D eigenvalue weighted by Gasteiger charge is -2.19. The predicted molar refractivity (Wildman–Crippen MR) is 62.5 cm³/mol. The molecule has 1 heterocycles. The Kier molecular flexibility index (Phi) is 2.90. The van der Waals surface area contributed by atoms with Crippen molar-refractivity contribution >= 4 is 23.7 Å². The topological polar surface area (TPSA) is 49.4 Å². The van der Waals surface area contributed by atoms with Gasteiger partial charge < -0.3 is 10.2 Å². The van der Waals surface area contributed by atoms with E-state index in [9.17, 15) is 9.59 Å². The summed E-state index contributed by atoms with van der Waals surface area (Å²) in [5.41, 5.74) is 2.55. The first kappa shape index (κ1) is 10.7. The molecule has 0 aromatic heterocycles. The summed E-state index contributed by atoms with van der Waals surface area (Å²) in [6.45, 7) is 2.68. The Bertz CT molecular complexity index is 429. The van der Waals surface area contributed by atoms with Crippen LogP contribution in [0.15, 0.2) is 18.2 Å². The van der Waals surface area contributed by atoms with Crippen LogP contribution in [0.1, 0.15) is 18.4 Å². The van der Waals surface area contributed by atoms with Gasteiger partial charge in [-0.2, -0.15) is 0 Å². The van der Waals surface area contributed by atoms with Crippen LogP contribution in [0.5, 0.6) is 0 Å². The molecular weight excluding hydrogens is 204 g/mol. The summed E-state index contributed by atoms with van der Waals surface area (Å²) >= 11 is 0. The van der Waals surface area contributed by atoms with Crippen molar-refractivity contribution in [3.8, 4) is 0 Å². The van der Waals surface area contributed by atoms with E-state index in [1.165, 1.54) is 0 Å². The first-order valence-corrected chi connectivity index (χ1v) is 5.33. The molecule has 0 saturated carbocycles. The van der Waals surface area contributed by atoms with Gasteiger partial charge in [-0.3, -0.25) is 9.59 Å². The lowest BCUT2D eigenvalue weighted by atomic mass is 10.2. The van der Waals surface area contributed by atoms with Gasteiger partial charge in [-0.05, 0) is 31.0 Å². The van der Waals surface area contributed by atoms with E-state index < -0.39 is 0 Å². The van der Waals surface area contributed by atoms with E-state index in [0.29, 0.717) is 18.5 Å². The van der Waals surface area contributed by atoms with Gasteiger partial charge in [0.15, 0.2) is 0 Å². The number of benzene rings is 1. The second-order valence-electron chi connectivity index (χ2n) is 3.93. The Balaban J connectivity index is 2.38. The van der Waals surface area contributed by atoms with Crippen molar-refractivity contribution in [1.29, 1.82) is 0 Å². The zero-order chi connectivity index (χ0) is 11.5. The molecule has 1 aromatic rings. The normalized spacial score (nSPS) is 15.3. The van der Waals surface area contributed by atoms with Gasteiger partial charge in [-0.1, -0.05) is 6.07 Å². The Morgan fingerprint density at radius 1 is 1.44 bits per heavy atom. The highest BCUT2D eigenvalue weighted by Gasteiger charge is 2.23. The van der Waals surface area contributed by atoms with Crippen LogP contribution in [0, 0.1) is 6.92 Å². The largest absolute Gasteiger partial charge is 0.327 e. The molecule has 0 unspecified atom stereocenters. The van der Waals surface area contributed by atoms with Gasteiger partial charge in [-0.25, -0.2) is 0 Å². The molecule has 4 heteroatoms. The second-order valence-corrected chi connectivity index (χ2v) is 3.93. The average molecular weight is 218 g/mol. The van der Waals surface area contributed by atoms with Gasteiger partial charge in [0, 0.05) is 13.0 Å². The Morgan fingerprint density at radius 2 is 2.25 bits per heavy atom. The predicted octanol–water partition coefficient (Wildman–Crippen LogP) is 1.69. The van der Waals surface area contributed by atoms with Crippen LogP contribution >= 0.6 is 0 Å². The van der Waals surface area contributed by atoms with Crippen molar-refractivity contribution in [1.82, 2.24) is 0 Å². The third-order valence-corrected chi connectivity index (χ3v) is 2.73. The maximum Gasteiger partial charge on any atom is 0.227 e. The highest BCUT2D eigenvalue weighted by Crippen LogP contribution is 2.30. The van der Waals surface area contributed by atoms with Crippen LogP contribution in [-0.4, -0.2) is 18.9 Å². The summed E-state index contributed by atoms with van der Waals surface area (Å²) in [5, 5.41) is 2.64. The van der Waals surface area contributed by atoms with Gasteiger partial charge >= 0.3 is 0 Å². The maximum atomic E-state index is 11.6. The van der Waals surface area contributed by atoms with E-state index in [1.54, 1.807) is 4.90 Å². The number of nitrogens with zero attached hydrogens (tertiary/aromatic N) is 1. The number of hydrogen-bond acceptors (Lipinski definition) is 2. The van der Waals surface area contributed by atoms with E-state index in [4.69, 9.17) is 0 Å². The minimum absolute atomic E-state index is 0.123. The fraction of sp³-hybridized carbons (Fsp3) is 0.333. The zero-order valence-corrected chi connectivity index (χ0v) is 9.19. The first-order chi connectivity index (χ1) is 7.72. The minimum atomic E-state index is 0.123. The van der Waals surface area contributed by atoms with E-state index in [2.05, 4.69) is 5.32 Å². The van der Waals surface area contributed by atoms with Gasteiger partial charge in [0.05, 0.1) is 11.4 Å². The zero-order valence-electron chi connectivity index (χ0n) is 9.19. The van der Waals surface area contributed by atoms with Crippen LogP contribution in [0.25, 0.3) is 0 Å². The summed E-state index contributed by atoms with van der Waals surface area (Å²) in [4.78, 5) is 23.9. The van der Waals surface area contributed by atoms with E-state index in [1.807, 2.05) is 25.1 Å². The summed E-state index contributed by atoms with van der Waals surface area (Å²) in [6.07, 6.45) is 2.11. The van der Waals surface area contributed by atoms with Crippen molar-refractivity contribution in [2.75, 3.05) is 16.8 Å². The van der Waals surface area contributed by atoms with Crippen LogP contribution < -0.4 is 10.2 Å². The van der Waals surface area contributed by atoms with Gasteiger partial charge in [0.1, 0.15) is 0 Å². The highest BCUT2D eigenvalue weighted by molar-refractivity contribution is 5.99. The molecule has 1 saturated heterocycles. The minimum Gasteiger partial charge on any atom is -0.327 e. The van der Waals surface area contributed by atoms with Crippen LogP contribution in [0.3, 0.4) is 0 Å². The Hall–Kier alpha value is -1.84. The highest BCUT2D eigenvalue weighted by atomic mass is 16.2. The van der Waals surface area contributed by atoms with Crippen molar-refractivity contribution < 1.29 is 9.59 Å².